The highest BCUT2D eigenvalue weighted by atomic mass is 79.9. The van der Waals surface area contributed by atoms with Crippen LogP contribution < -0.4 is 5.32 Å². The molecule has 5 nitrogen and oxygen atoms in total. The quantitative estimate of drug-likeness (QED) is 0.447. The fraction of sp³-hybridized carbons (Fsp3) is 0.353. The second kappa shape index (κ2) is 8.05. The summed E-state index contributed by atoms with van der Waals surface area (Å²) in [6.45, 7) is 6.47. The molecule has 0 unspecified atom stereocenters. The molecule has 3 rings (SSSR count). The first-order valence-electron chi connectivity index (χ1n) is 7.92. The van der Waals surface area contributed by atoms with E-state index in [2.05, 4.69) is 58.5 Å². The van der Waals surface area contributed by atoms with Crippen LogP contribution in [-0.4, -0.2) is 26.4 Å². The molecule has 1 N–H and O–H groups in total. The molecule has 1 amide bonds. The average Bonchev–Trinajstić information content (AvgIpc) is 3.32. The van der Waals surface area contributed by atoms with Gasteiger partial charge < -0.3 is 9.88 Å². The van der Waals surface area contributed by atoms with E-state index in [-0.39, 0.29) is 11.7 Å². The molecule has 0 atom stereocenters. The first-order valence-corrected chi connectivity index (χ1v) is 10.5. The Kier molecular flexibility index (Phi) is 6.01. The number of rotatable bonds is 7. The Bertz CT molecular complexity index is 794. The molecule has 2 aromatic rings. The van der Waals surface area contributed by atoms with Gasteiger partial charge in [0.2, 0.25) is 5.91 Å². The van der Waals surface area contributed by atoms with Crippen LogP contribution in [0.3, 0.4) is 0 Å². The molecule has 25 heavy (non-hydrogen) atoms. The van der Waals surface area contributed by atoms with Gasteiger partial charge in [-0.25, -0.2) is 0 Å². The summed E-state index contributed by atoms with van der Waals surface area (Å²) in [6, 6.07) is 3.94. The molecular weight excluding hydrogens is 468 g/mol. The Balaban J connectivity index is 1.66. The van der Waals surface area contributed by atoms with Gasteiger partial charge in [-0.2, -0.15) is 0 Å². The maximum atomic E-state index is 12.3. The van der Waals surface area contributed by atoms with Crippen LogP contribution in [0.5, 0.6) is 0 Å². The van der Waals surface area contributed by atoms with Crippen molar-refractivity contribution < 1.29 is 4.79 Å². The van der Waals surface area contributed by atoms with Gasteiger partial charge >= 0.3 is 0 Å². The third-order valence-electron chi connectivity index (χ3n) is 3.78. The fourth-order valence-electron chi connectivity index (χ4n) is 2.48. The highest BCUT2D eigenvalue weighted by Crippen LogP contribution is 2.40. The summed E-state index contributed by atoms with van der Waals surface area (Å²) in [7, 11) is 0. The maximum Gasteiger partial charge on any atom is 0.234 e. The molecule has 1 aromatic heterocycles. The first-order chi connectivity index (χ1) is 12.0. The van der Waals surface area contributed by atoms with Crippen molar-refractivity contribution in [3.05, 3.63) is 45.1 Å². The predicted octanol–water partition coefficient (Wildman–Crippen LogP) is 4.91. The number of allylic oxidation sites excluding steroid dienone is 1. The lowest BCUT2D eigenvalue weighted by Gasteiger charge is -2.11. The normalized spacial score (nSPS) is 13.7. The van der Waals surface area contributed by atoms with Crippen LogP contribution in [0.1, 0.15) is 30.1 Å². The van der Waals surface area contributed by atoms with Crippen molar-refractivity contribution in [2.24, 2.45) is 0 Å². The Labute approximate surface area is 167 Å². The number of nitrogens with one attached hydrogen (secondary N) is 1. The summed E-state index contributed by atoms with van der Waals surface area (Å²) in [5, 5.41) is 12.2. The van der Waals surface area contributed by atoms with Crippen LogP contribution in [0.15, 0.2) is 38.9 Å². The molecule has 1 fully saturated rings. The highest BCUT2D eigenvalue weighted by Gasteiger charge is 2.30. The summed E-state index contributed by atoms with van der Waals surface area (Å²) in [5.74, 6) is 1.70. The Morgan fingerprint density at radius 2 is 2.08 bits per heavy atom. The van der Waals surface area contributed by atoms with Gasteiger partial charge in [0.05, 0.1) is 11.4 Å². The molecule has 0 spiro atoms. The standard InChI is InChI=1S/C17H18Br2N4OS/c1-3-6-23-16(11-4-5-11)21-22-17(23)25-9-14(24)20-15-12(18)7-10(2)8-13(15)19/h3,7-8,11H,1,4-6,9H2,2H3,(H,20,24). The third-order valence-corrected chi connectivity index (χ3v) is 6.00. The van der Waals surface area contributed by atoms with Gasteiger partial charge in [0.25, 0.3) is 0 Å². The summed E-state index contributed by atoms with van der Waals surface area (Å²) < 4.78 is 3.76. The molecule has 0 bridgehead atoms. The van der Waals surface area contributed by atoms with Gasteiger partial charge in [0.1, 0.15) is 5.82 Å². The van der Waals surface area contributed by atoms with Gasteiger partial charge in [-0.05, 0) is 69.3 Å². The minimum Gasteiger partial charge on any atom is -0.323 e. The Morgan fingerprint density at radius 1 is 1.40 bits per heavy atom. The number of amides is 1. The largest absolute Gasteiger partial charge is 0.323 e. The van der Waals surface area contributed by atoms with Gasteiger partial charge in [-0.1, -0.05) is 17.8 Å². The van der Waals surface area contributed by atoms with Crippen molar-refractivity contribution in [3.63, 3.8) is 0 Å². The van der Waals surface area contributed by atoms with E-state index in [1.165, 1.54) is 11.8 Å². The van der Waals surface area contributed by atoms with Crippen LogP contribution in [0.4, 0.5) is 5.69 Å². The summed E-state index contributed by atoms with van der Waals surface area (Å²) in [6.07, 6.45) is 4.16. The zero-order valence-corrected chi connectivity index (χ0v) is 17.7. The lowest BCUT2D eigenvalue weighted by atomic mass is 10.2. The molecule has 0 radical (unpaired) electrons. The lowest BCUT2D eigenvalue weighted by molar-refractivity contribution is -0.113. The number of halogens is 2. The van der Waals surface area contributed by atoms with Crippen molar-refractivity contribution in [1.82, 2.24) is 14.8 Å². The molecule has 0 aliphatic heterocycles. The van der Waals surface area contributed by atoms with Crippen LogP contribution in [0, 0.1) is 6.92 Å². The second-order valence-corrected chi connectivity index (χ2v) is 8.61. The number of benzene rings is 1. The number of aromatic nitrogens is 3. The van der Waals surface area contributed by atoms with Gasteiger partial charge in [0.15, 0.2) is 5.16 Å². The number of thioether (sulfide) groups is 1. The average molecular weight is 486 g/mol. The smallest absolute Gasteiger partial charge is 0.234 e. The van der Waals surface area contributed by atoms with E-state index in [1.54, 1.807) is 0 Å². The van der Waals surface area contributed by atoms with E-state index in [1.807, 2.05) is 25.1 Å². The van der Waals surface area contributed by atoms with Crippen molar-refractivity contribution in [3.8, 4) is 0 Å². The minimum atomic E-state index is -0.0867. The summed E-state index contributed by atoms with van der Waals surface area (Å²) >= 11 is 8.38. The highest BCUT2D eigenvalue weighted by molar-refractivity contribution is 9.11. The SMILES string of the molecule is C=CCn1c(SCC(=O)Nc2c(Br)cc(C)cc2Br)nnc1C1CC1. The Morgan fingerprint density at radius 3 is 2.68 bits per heavy atom. The molecule has 8 heteroatoms. The topological polar surface area (TPSA) is 59.8 Å². The van der Waals surface area contributed by atoms with Crippen molar-refractivity contribution >= 4 is 55.2 Å². The predicted molar refractivity (Wildman–Crippen MR) is 108 cm³/mol. The van der Waals surface area contributed by atoms with Crippen LogP contribution in [0.2, 0.25) is 0 Å². The molecule has 1 heterocycles. The third kappa shape index (κ3) is 4.54. The number of hydrogen-bond donors (Lipinski definition) is 1. The van der Waals surface area contributed by atoms with E-state index >= 15 is 0 Å². The van der Waals surface area contributed by atoms with E-state index in [0.717, 1.165) is 44.0 Å². The van der Waals surface area contributed by atoms with Crippen LogP contribution in [0.25, 0.3) is 0 Å². The monoisotopic (exact) mass is 484 g/mol. The zero-order valence-electron chi connectivity index (χ0n) is 13.8. The second-order valence-electron chi connectivity index (χ2n) is 5.95. The maximum absolute atomic E-state index is 12.3. The Hall–Kier alpha value is -1.12. The minimum absolute atomic E-state index is 0.0867. The van der Waals surface area contributed by atoms with Crippen molar-refractivity contribution in [1.29, 1.82) is 0 Å². The van der Waals surface area contributed by atoms with Crippen molar-refractivity contribution in [2.45, 2.75) is 37.4 Å². The molecule has 1 aliphatic rings. The number of carbonyl (C=O) groups is 1. The van der Waals surface area contributed by atoms with Crippen LogP contribution >= 0.6 is 43.6 Å². The van der Waals surface area contributed by atoms with Gasteiger partial charge in [-0.15, -0.1) is 16.8 Å². The van der Waals surface area contributed by atoms with Crippen LogP contribution in [-0.2, 0) is 11.3 Å². The number of nitrogens with zero attached hydrogens (tertiary/aromatic N) is 3. The van der Waals surface area contributed by atoms with E-state index < -0.39 is 0 Å². The number of anilines is 1. The lowest BCUT2D eigenvalue weighted by Crippen LogP contribution is -2.15. The van der Waals surface area contributed by atoms with Gasteiger partial charge in [-0.3, -0.25) is 4.79 Å². The van der Waals surface area contributed by atoms with Crippen molar-refractivity contribution in [2.75, 3.05) is 11.1 Å². The van der Waals surface area contributed by atoms with E-state index in [0.29, 0.717) is 12.5 Å². The molecule has 0 saturated heterocycles. The first kappa shape index (κ1) is 18.7. The fourth-order valence-corrected chi connectivity index (χ4v) is 4.84. The summed E-state index contributed by atoms with van der Waals surface area (Å²) in [5.41, 5.74) is 1.85. The summed E-state index contributed by atoms with van der Waals surface area (Å²) in [4.78, 5) is 12.3. The number of carbonyl (C=O) groups excluding carboxylic acids is 1. The van der Waals surface area contributed by atoms with E-state index in [9.17, 15) is 4.79 Å². The number of hydrogen-bond acceptors (Lipinski definition) is 4. The molecule has 1 aromatic carbocycles. The molecule has 132 valence electrons. The van der Waals surface area contributed by atoms with E-state index in [4.69, 9.17) is 0 Å². The molecule has 1 aliphatic carbocycles. The molecular formula is C17H18Br2N4OS. The number of aryl methyl sites for hydroxylation is 1. The van der Waals surface area contributed by atoms with Gasteiger partial charge in [0, 0.05) is 21.4 Å². The molecule has 1 saturated carbocycles. The zero-order chi connectivity index (χ0) is 18.0.